The summed E-state index contributed by atoms with van der Waals surface area (Å²) < 4.78 is 28.6. The zero-order valence-corrected chi connectivity index (χ0v) is 14.0. The van der Waals surface area contributed by atoms with Crippen LogP contribution in [0.5, 0.6) is 0 Å². The largest absolute Gasteiger partial charge is 0.303 e. The van der Waals surface area contributed by atoms with E-state index in [1.54, 1.807) is 6.92 Å². The van der Waals surface area contributed by atoms with Gasteiger partial charge in [0.15, 0.2) is 22.6 Å². The van der Waals surface area contributed by atoms with Gasteiger partial charge in [-0.05, 0) is 50.8 Å². The Kier molecular flexibility index (Phi) is 3.90. The third-order valence-corrected chi connectivity index (χ3v) is 5.46. The summed E-state index contributed by atoms with van der Waals surface area (Å²) in [7, 11) is 0. The number of hydrogen-bond donors (Lipinski definition) is 0. The summed E-state index contributed by atoms with van der Waals surface area (Å²) in [6, 6.07) is 3.70. The molecule has 7 heteroatoms. The Labute approximate surface area is 142 Å². The molecule has 2 saturated carbocycles. The minimum Gasteiger partial charge on any atom is -0.303 e. The third kappa shape index (κ3) is 2.97. The highest BCUT2D eigenvalue weighted by Gasteiger charge is 2.37. The van der Waals surface area contributed by atoms with Crippen molar-refractivity contribution in [2.24, 2.45) is 0 Å². The first-order chi connectivity index (χ1) is 11.5. The summed E-state index contributed by atoms with van der Waals surface area (Å²) in [5.41, 5.74) is 0.175. The van der Waals surface area contributed by atoms with Gasteiger partial charge in [0.1, 0.15) is 5.82 Å². The van der Waals surface area contributed by atoms with Crippen molar-refractivity contribution in [3.8, 4) is 0 Å². The fourth-order valence-corrected chi connectivity index (χ4v) is 3.76. The van der Waals surface area contributed by atoms with Gasteiger partial charge in [0.05, 0.1) is 5.25 Å². The van der Waals surface area contributed by atoms with Gasteiger partial charge in [0.25, 0.3) is 0 Å². The monoisotopic (exact) mass is 349 g/mol. The summed E-state index contributed by atoms with van der Waals surface area (Å²) in [6.45, 7) is 1.76. The number of nitrogens with zero attached hydrogens (tertiary/aromatic N) is 3. The van der Waals surface area contributed by atoms with Crippen LogP contribution in [0.2, 0.25) is 0 Å². The number of aromatic nitrogens is 3. The molecule has 2 aliphatic carbocycles. The van der Waals surface area contributed by atoms with Gasteiger partial charge in [0, 0.05) is 17.5 Å². The Morgan fingerprint density at radius 1 is 1.21 bits per heavy atom. The molecule has 1 aromatic carbocycles. The van der Waals surface area contributed by atoms with Crippen LogP contribution in [0.3, 0.4) is 0 Å². The predicted octanol–water partition coefficient (Wildman–Crippen LogP) is 4.13. The van der Waals surface area contributed by atoms with Gasteiger partial charge >= 0.3 is 0 Å². The molecule has 0 spiro atoms. The lowest BCUT2D eigenvalue weighted by Crippen LogP contribution is -2.15. The second-order valence-corrected chi connectivity index (χ2v) is 7.78. The van der Waals surface area contributed by atoms with Crippen LogP contribution in [-0.4, -0.2) is 25.8 Å². The quantitative estimate of drug-likeness (QED) is 0.581. The zero-order chi connectivity index (χ0) is 16.8. The summed E-state index contributed by atoms with van der Waals surface area (Å²) in [6.07, 6.45) is 4.55. The van der Waals surface area contributed by atoms with Crippen LogP contribution in [0.25, 0.3) is 0 Å². The molecule has 0 radical (unpaired) electrons. The fraction of sp³-hybridized carbons (Fsp3) is 0.471. The number of thioether (sulfide) groups is 1. The highest BCUT2D eigenvalue weighted by Crippen LogP contribution is 2.46. The number of halogens is 2. The van der Waals surface area contributed by atoms with E-state index in [1.807, 2.05) is 0 Å². The summed E-state index contributed by atoms with van der Waals surface area (Å²) in [4.78, 5) is 12.5. The maximum atomic E-state index is 13.3. The Morgan fingerprint density at radius 2 is 1.96 bits per heavy atom. The van der Waals surface area contributed by atoms with E-state index in [9.17, 15) is 13.6 Å². The topological polar surface area (TPSA) is 47.8 Å². The molecule has 0 unspecified atom stereocenters. The van der Waals surface area contributed by atoms with Crippen LogP contribution in [0.4, 0.5) is 8.78 Å². The Hall–Kier alpha value is -1.76. The van der Waals surface area contributed by atoms with Crippen LogP contribution >= 0.6 is 11.8 Å². The first kappa shape index (κ1) is 15.7. The maximum Gasteiger partial charge on any atom is 0.192 e. The predicted molar refractivity (Wildman–Crippen MR) is 86.3 cm³/mol. The number of hydrogen-bond acceptors (Lipinski definition) is 4. The molecule has 24 heavy (non-hydrogen) atoms. The number of carbonyl (C=O) groups excluding carboxylic acids is 1. The van der Waals surface area contributed by atoms with E-state index in [-0.39, 0.29) is 11.3 Å². The molecule has 0 saturated heterocycles. The molecule has 0 bridgehead atoms. The van der Waals surface area contributed by atoms with Crippen molar-refractivity contribution in [2.45, 2.75) is 55.0 Å². The average Bonchev–Trinajstić information content (AvgIpc) is 3.48. The highest BCUT2D eigenvalue weighted by molar-refractivity contribution is 8.00. The van der Waals surface area contributed by atoms with Gasteiger partial charge in [-0.2, -0.15) is 0 Å². The molecule has 1 atom stereocenters. The summed E-state index contributed by atoms with van der Waals surface area (Å²) in [5.74, 6) is -0.654. The van der Waals surface area contributed by atoms with Gasteiger partial charge in [-0.25, -0.2) is 8.78 Å². The van der Waals surface area contributed by atoms with E-state index < -0.39 is 16.9 Å². The number of Topliss-reactive ketones (excluding diaryl/α,β-unsaturated/α-hetero) is 1. The molecule has 0 aliphatic heterocycles. The maximum absolute atomic E-state index is 13.3. The van der Waals surface area contributed by atoms with E-state index in [2.05, 4.69) is 14.8 Å². The minimum absolute atomic E-state index is 0.175. The van der Waals surface area contributed by atoms with Crippen molar-refractivity contribution >= 4 is 17.5 Å². The molecular weight excluding hydrogens is 332 g/mol. The van der Waals surface area contributed by atoms with E-state index in [0.717, 1.165) is 48.8 Å². The van der Waals surface area contributed by atoms with Crippen LogP contribution < -0.4 is 0 Å². The van der Waals surface area contributed by atoms with Crippen LogP contribution in [0, 0.1) is 11.6 Å². The molecule has 1 heterocycles. The number of carbonyl (C=O) groups is 1. The molecule has 4 rings (SSSR count). The van der Waals surface area contributed by atoms with Crippen molar-refractivity contribution in [3.05, 3.63) is 41.2 Å². The highest BCUT2D eigenvalue weighted by atomic mass is 32.2. The Balaban J connectivity index is 1.54. The van der Waals surface area contributed by atoms with Gasteiger partial charge in [0.2, 0.25) is 0 Å². The lowest BCUT2D eigenvalue weighted by molar-refractivity contribution is 0.0993. The normalized spacial score (nSPS) is 18.6. The minimum atomic E-state index is -1.00. The molecule has 1 aromatic heterocycles. The van der Waals surface area contributed by atoms with E-state index in [0.29, 0.717) is 12.0 Å². The molecular formula is C17H17F2N3OS. The van der Waals surface area contributed by atoms with Gasteiger partial charge in [-0.3, -0.25) is 4.79 Å². The number of rotatable bonds is 6. The number of ketones is 1. The van der Waals surface area contributed by atoms with Crippen molar-refractivity contribution in [1.82, 2.24) is 14.8 Å². The lowest BCUT2D eigenvalue weighted by atomic mass is 10.1. The van der Waals surface area contributed by atoms with Gasteiger partial charge in [-0.1, -0.05) is 11.8 Å². The van der Waals surface area contributed by atoms with E-state index in [1.165, 1.54) is 17.8 Å². The fourth-order valence-electron chi connectivity index (χ4n) is 2.76. The first-order valence-electron chi connectivity index (χ1n) is 8.15. The lowest BCUT2D eigenvalue weighted by Gasteiger charge is -2.12. The van der Waals surface area contributed by atoms with Crippen molar-refractivity contribution in [2.75, 3.05) is 0 Å². The number of benzene rings is 1. The second-order valence-electron chi connectivity index (χ2n) is 6.47. The SMILES string of the molecule is C[C@@H](Sc1nnc(C2CC2)n1C1CC1)C(=O)c1ccc(F)c(F)c1. The van der Waals surface area contributed by atoms with Crippen molar-refractivity contribution in [3.63, 3.8) is 0 Å². The second kappa shape index (κ2) is 5.95. The smallest absolute Gasteiger partial charge is 0.192 e. The van der Waals surface area contributed by atoms with Gasteiger partial charge < -0.3 is 4.57 Å². The first-order valence-corrected chi connectivity index (χ1v) is 9.03. The summed E-state index contributed by atoms with van der Waals surface area (Å²) in [5, 5.41) is 8.91. The zero-order valence-electron chi connectivity index (χ0n) is 13.2. The van der Waals surface area contributed by atoms with Crippen LogP contribution in [0.1, 0.15) is 60.7 Å². The van der Waals surface area contributed by atoms with Crippen molar-refractivity contribution < 1.29 is 13.6 Å². The van der Waals surface area contributed by atoms with Crippen LogP contribution in [-0.2, 0) is 0 Å². The summed E-state index contributed by atoms with van der Waals surface area (Å²) >= 11 is 1.34. The molecule has 0 N–H and O–H groups in total. The third-order valence-electron chi connectivity index (χ3n) is 4.40. The molecule has 0 amide bonds. The standard InChI is InChI=1S/C17H17F2N3OS/c1-9(15(23)11-4-7-13(18)14(19)8-11)24-17-21-20-16(10-2-3-10)22(17)12-5-6-12/h4,7-10,12H,2-3,5-6H2,1H3/t9-/m1/s1. The molecule has 126 valence electrons. The molecule has 4 nitrogen and oxygen atoms in total. The van der Waals surface area contributed by atoms with E-state index >= 15 is 0 Å². The van der Waals surface area contributed by atoms with Crippen molar-refractivity contribution in [1.29, 1.82) is 0 Å². The Morgan fingerprint density at radius 3 is 2.58 bits per heavy atom. The molecule has 2 fully saturated rings. The Bertz CT molecular complexity index is 799. The van der Waals surface area contributed by atoms with E-state index in [4.69, 9.17) is 0 Å². The van der Waals surface area contributed by atoms with Gasteiger partial charge in [-0.15, -0.1) is 10.2 Å². The average molecular weight is 349 g/mol. The molecule has 2 aromatic rings. The van der Waals surface area contributed by atoms with Crippen LogP contribution in [0.15, 0.2) is 23.4 Å². The molecule has 2 aliphatic rings.